The summed E-state index contributed by atoms with van der Waals surface area (Å²) in [6, 6.07) is 5.29. The van der Waals surface area contributed by atoms with Crippen molar-refractivity contribution in [1.82, 2.24) is 0 Å². The van der Waals surface area contributed by atoms with E-state index in [1.807, 2.05) is 13.8 Å². The van der Waals surface area contributed by atoms with E-state index in [1.54, 1.807) is 18.2 Å². The molecule has 1 unspecified atom stereocenters. The van der Waals surface area contributed by atoms with Crippen LogP contribution in [0.15, 0.2) is 18.2 Å². The molecule has 3 N–H and O–H groups in total. The number of nitrogens with one attached hydrogen (secondary N) is 1. The lowest BCUT2D eigenvalue weighted by atomic mass is 10.2. The molecule has 1 aromatic rings. The predicted molar refractivity (Wildman–Crippen MR) is 77.0 cm³/mol. The molecule has 0 heterocycles. The van der Waals surface area contributed by atoms with Crippen molar-refractivity contribution >= 4 is 28.1 Å². The quantitative estimate of drug-likeness (QED) is 0.776. The van der Waals surface area contributed by atoms with Crippen molar-refractivity contribution in [2.45, 2.75) is 26.7 Å². The van der Waals surface area contributed by atoms with E-state index in [4.69, 9.17) is 5.73 Å². The molecule has 1 aromatic carbocycles. The molecule has 0 saturated heterocycles. The lowest BCUT2D eigenvalue weighted by Crippen LogP contribution is -2.21. The Bertz CT molecular complexity index is 447. The fourth-order valence-corrected chi connectivity index (χ4v) is 2.66. The Kier molecular flexibility index (Phi) is 5.85. The third-order valence-corrected chi connectivity index (χ3v) is 3.87. The van der Waals surface area contributed by atoms with Crippen LogP contribution in [0, 0.1) is 6.92 Å². The van der Waals surface area contributed by atoms with Gasteiger partial charge in [-0.05, 0) is 37.1 Å². The molecule has 1 amide bonds. The second kappa shape index (κ2) is 7.16. The van der Waals surface area contributed by atoms with Crippen LogP contribution >= 0.6 is 0 Å². The molecule has 0 aromatic heterocycles. The van der Waals surface area contributed by atoms with E-state index in [0.717, 1.165) is 24.1 Å². The lowest BCUT2D eigenvalue weighted by Gasteiger charge is -2.08. The van der Waals surface area contributed by atoms with E-state index in [2.05, 4.69) is 5.32 Å². The smallest absolute Gasteiger partial charge is 0.236 e. The lowest BCUT2D eigenvalue weighted by molar-refractivity contribution is -0.113. The van der Waals surface area contributed by atoms with Crippen LogP contribution in [0.3, 0.4) is 0 Å². The monoisotopic (exact) mass is 268 g/mol. The molecule has 0 aliphatic heterocycles. The van der Waals surface area contributed by atoms with Crippen LogP contribution in [0.1, 0.15) is 25.3 Å². The number of anilines is 2. The zero-order chi connectivity index (χ0) is 13.5. The number of carbonyl (C=O) groups is 1. The highest BCUT2D eigenvalue weighted by molar-refractivity contribution is 7.85. The fraction of sp³-hybridized carbons (Fsp3) is 0.462. The van der Waals surface area contributed by atoms with Crippen molar-refractivity contribution in [3.8, 4) is 0 Å². The van der Waals surface area contributed by atoms with Crippen LogP contribution in [0.2, 0.25) is 0 Å². The van der Waals surface area contributed by atoms with E-state index in [1.165, 1.54) is 0 Å². The summed E-state index contributed by atoms with van der Waals surface area (Å²) in [6.07, 6.45) is 1.88. The highest BCUT2D eigenvalue weighted by Crippen LogP contribution is 2.17. The number of nitrogen functional groups attached to an aromatic ring is 1. The minimum absolute atomic E-state index is 0.0593. The number of unbranched alkanes of at least 4 members (excludes halogenated alkanes) is 1. The minimum Gasteiger partial charge on any atom is -0.399 e. The molecule has 0 saturated carbocycles. The first kappa shape index (κ1) is 14.7. The molecule has 18 heavy (non-hydrogen) atoms. The van der Waals surface area contributed by atoms with Gasteiger partial charge in [-0.25, -0.2) is 0 Å². The molecule has 4 nitrogen and oxygen atoms in total. The zero-order valence-corrected chi connectivity index (χ0v) is 11.7. The molecule has 0 bridgehead atoms. The number of rotatable bonds is 6. The van der Waals surface area contributed by atoms with Gasteiger partial charge in [0, 0.05) is 27.9 Å². The van der Waals surface area contributed by atoms with E-state index in [-0.39, 0.29) is 11.7 Å². The third kappa shape index (κ3) is 4.87. The summed E-state index contributed by atoms with van der Waals surface area (Å²) in [5.41, 5.74) is 7.93. The van der Waals surface area contributed by atoms with Crippen molar-refractivity contribution in [2.24, 2.45) is 0 Å². The summed E-state index contributed by atoms with van der Waals surface area (Å²) in [5.74, 6) is 0.436. The largest absolute Gasteiger partial charge is 0.399 e. The van der Waals surface area contributed by atoms with Gasteiger partial charge in [0.05, 0.1) is 0 Å². The van der Waals surface area contributed by atoms with E-state index in [0.29, 0.717) is 11.4 Å². The number of hydrogen-bond donors (Lipinski definition) is 2. The van der Waals surface area contributed by atoms with Crippen molar-refractivity contribution in [2.75, 3.05) is 22.6 Å². The average Bonchev–Trinajstić information content (AvgIpc) is 2.30. The van der Waals surface area contributed by atoms with Crippen molar-refractivity contribution in [3.63, 3.8) is 0 Å². The molecule has 0 radical (unpaired) electrons. The SMILES string of the molecule is CCCCS(=O)CC(=O)Nc1ccc(N)cc1C. The second-order valence-electron chi connectivity index (χ2n) is 4.26. The Hall–Kier alpha value is -1.36. The molecule has 0 aliphatic carbocycles. The number of nitrogens with two attached hydrogens (primary N) is 1. The topological polar surface area (TPSA) is 72.2 Å². The second-order valence-corrected chi connectivity index (χ2v) is 5.84. The van der Waals surface area contributed by atoms with Crippen molar-refractivity contribution < 1.29 is 9.00 Å². The first-order chi connectivity index (χ1) is 8.52. The summed E-state index contributed by atoms with van der Waals surface area (Å²) in [4.78, 5) is 11.7. The van der Waals surface area contributed by atoms with Gasteiger partial charge in [-0.15, -0.1) is 0 Å². The van der Waals surface area contributed by atoms with Gasteiger partial charge in [-0.1, -0.05) is 13.3 Å². The van der Waals surface area contributed by atoms with Gasteiger partial charge in [0.1, 0.15) is 5.75 Å². The van der Waals surface area contributed by atoms with Gasteiger partial charge in [0.2, 0.25) is 5.91 Å². The van der Waals surface area contributed by atoms with E-state index in [9.17, 15) is 9.00 Å². The average molecular weight is 268 g/mol. The number of aryl methyl sites for hydroxylation is 1. The summed E-state index contributed by atoms with van der Waals surface area (Å²) in [5, 5.41) is 2.76. The summed E-state index contributed by atoms with van der Waals surface area (Å²) >= 11 is 0. The maximum absolute atomic E-state index is 11.7. The molecule has 0 fully saturated rings. The zero-order valence-electron chi connectivity index (χ0n) is 10.9. The van der Waals surface area contributed by atoms with Crippen LogP contribution in [0.25, 0.3) is 0 Å². The van der Waals surface area contributed by atoms with Gasteiger partial charge in [0.15, 0.2) is 0 Å². The Morgan fingerprint density at radius 1 is 1.44 bits per heavy atom. The number of amides is 1. The number of hydrogen-bond acceptors (Lipinski definition) is 3. The molecule has 1 atom stereocenters. The highest BCUT2D eigenvalue weighted by atomic mass is 32.2. The molecule has 0 aliphatic rings. The molecule has 0 spiro atoms. The normalized spacial score (nSPS) is 12.1. The van der Waals surface area contributed by atoms with Gasteiger partial charge < -0.3 is 11.1 Å². The number of carbonyl (C=O) groups excluding carboxylic acids is 1. The Balaban J connectivity index is 2.51. The van der Waals surface area contributed by atoms with E-state index < -0.39 is 10.8 Å². The molecule has 1 rings (SSSR count). The summed E-state index contributed by atoms with van der Waals surface area (Å²) in [6.45, 7) is 3.91. The molecular formula is C13H20N2O2S. The van der Waals surface area contributed by atoms with Gasteiger partial charge >= 0.3 is 0 Å². The maximum Gasteiger partial charge on any atom is 0.236 e. The molecule has 100 valence electrons. The first-order valence-corrected chi connectivity index (χ1v) is 7.52. The fourth-order valence-electron chi connectivity index (χ4n) is 1.54. The van der Waals surface area contributed by atoms with Crippen molar-refractivity contribution in [1.29, 1.82) is 0 Å². The van der Waals surface area contributed by atoms with Crippen LogP contribution in [-0.4, -0.2) is 21.6 Å². The molecular weight excluding hydrogens is 248 g/mol. The Labute approximate surface area is 110 Å². The predicted octanol–water partition coefficient (Wildman–Crippen LogP) is 2.06. The van der Waals surface area contributed by atoms with Gasteiger partial charge in [0.25, 0.3) is 0 Å². The van der Waals surface area contributed by atoms with Gasteiger partial charge in [-0.2, -0.15) is 0 Å². The van der Waals surface area contributed by atoms with Crippen LogP contribution in [-0.2, 0) is 15.6 Å². The standard InChI is InChI=1S/C13H20N2O2S/c1-3-4-7-18(17)9-13(16)15-12-6-5-11(14)8-10(12)2/h5-6,8H,3-4,7,9,14H2,1-2H3,(H,15,16). The highest BCUT2D eigenvalue weighted by Gasteiger charge is 2.09. The maximum atomic E-state index is 11.7. The Morgan fingerprint density at radius 2 is 2.17 bits per heavy atom. The minimum atomic E-state index is -1.07. The van der Waals surface area contributed by atoms with E-state index >= 15 is 0 Å². The van der Waals surface area contributed by atoms with Crippen LogP contribution in [0.5, 0.6) is 0 Å². The third-order valence-electron chi connectivity index (χ3n) is 2.54. The van der Waals surface area contributed by atoms with Gasteiger partial charge in [-0.3, -0.25) is 9.00 Å². The summed E-state index contributed by atoms with van der Waals surface area (Å²) in [7, 11) is -1.07. The first-order valence-electron chi connectivity index (χ1n) is 6.04. The van der Waals surface area contributed by atoms with Crippen LogP contribution in [0.4, 0.5) is 11.4 Å². The molecule has 5 heteroatoms. The van der Waals surface area contributed by atoms with Crippen LogP contribution < -0.4 is 11.1 Å². The Morgan fingerprint density at radius 3 is 2.78 bits per heavy atom. The summed E-state index contributed by atoms with van der Waals surface area (Å²) < 4.78 is 11.6. The van der Waals surface area contributed by atoms with Crippen molar-refractivity contribution in [3.05, 3.63) is 23.8 Å². The number of benzene rings is 1.